The summed E-state index contributed by atoms with van der Waals surface area (Å²) in [6, 6.07) is 16.9. The molecule has 0 fully saturated rings. The second-order valence-electron chi connectivity index (χ2n) is 6.85. The van der Waals surface area contributed by atoms with Gasteiger partial charge in [0.05, 0.1) is 19.9 Å². The summed E-state index contributed by atoms with van der Waals surface area (Å²) in [5, 5.41) is 4.70. The molecule has 0 amide bonds. The zero-order valence-electron chi connectivity index (χ0n) is 18.0. The van der Waals surface area contributed by atoms with Crippen LogP contribution in [0.3, 0.4) is 0 Å². The quantitative estimate of drug-likeness (QED) is 0.253. The van der Waals surface area contributed by atoms with Gasteiger partial charge in [-0.15, -0.1) is 11.8 Å². The van der Waals surface area contributed by atoms with Crippen LogP contribution in [0.2, 0.25) is 0 Å². The molecule has 1 heterocycles. The Bertz CT molecular complexity index is 1050. The van der Waals surface area contributed by atoms with Gasteiger partial charge in [-0.1, -0.05) is 56.2 Å². The van der Waals surface area contributed by atoms with E-state index < -0.39 is 11.9 Å². The molecule has 0 aliphatic heterocycles. The third-order valence-electron chi connectivity index (χ3n) is 4.80. The van der Waals surface area contributed by atoms with Crippen LogP contribution in [0.25, 0.3) is 16.9 Å². The highest BCUT2D eigenvalue weighted by Crippen LogP contribution is 2.35. The smallest absolute Gasteiger partial charge is 0.357 e. The molecule has 0 bridgehead atoms. The first-order valence-electron chi connectivity index (χ1n) is 10.2. The molecular weight excluding hydrogens is 412 g/mol. The Morgan fingerprint density at radius 3 is 2.29 bits per heavy atom. The lowest BCUT2D eigenvalue weighted by molar-refractivity contribution is 0.0549. The van der Waals surface area contributed by atoms with Crippen molar-refractivity contribution in [2.45, 2.75) is 31.1 Å². The van der Waals surface area contributed by atoms with Crippen molar-refractivity contribution in [3.8, 4) is 16.9 Å². The second-order valence-corrected chi connectivity index (χ2v) is 7.99. The second kappa shape index (κ2) is 10.8. The van der Waals surface area contributed by atoms with Gasteiger partial charge < -0.3 is 9.47 Å². The predicted molar refractivity (Wildman–Crippen MR) is 122 cm³/mol. The molecule has 0 aliphatic rings. The number of rotatable bonds is 9. The highest BCUT2D eigenvalue weighted by Gasteiger charge is 2.32. The fraction of sp³-hybridized carbons (Fsp3) is 0.292. The number of aromatic nitrogens is 2. The first kappa shape index (κ1) is 22.6. The number of benzene rings is 2. The molecule has 1 aromatic heterocycles. The number of carbonyl (C=O) groups is 2. The summed E-state index contributed by atoms with van der Waals surface area (Å²) >= 11 is 1.72. The lowest BCUT2D eigenvalue weighted by Crippen LogP contribution is -2.15. The number of hydrogen-bond acceptors (Lipinski definition) is 6. The van der Waals surface area contributed by atoms with Crippen molar-refractivity contribution in [3.05, 3.63) is 65.9 Å². The van der Waals surface area contributed by atoms with Crippen LogP contribution in [0.5, 0.6) is 0 Å². The van der Waals surface area contributed by atoms with E-state index in [1.54, 1.807) is 11.8 Å². The molecule has 0 radical (unpaired) electrons. The Balaban J connectivity index is 2.20. The van der Waals surface area contributed by atoms with Crippen molar-refractivity contribution in [2.75, 3.05) is 20.0 Å². The van der Waals surface area contributed by atoms with Gasteiger partial charge in [-0.2, -0.15) is 5.10 Å². The van der Waals surface area contributed by atoms with Crippen LogP contribution in [-0.2, 0) is 9.47 Å². The molecule has 0 atom stereocenters. The van der Waals surface area contributed by atoms with Gasteiger partial charge in [-0.3, -0.25) is 0 Å². The lowest BCUT2D eigenvalue weighted by Gasteiger charge is -2.09. The van der Waals surface area contributed by atoms with Gasteiger partial charge in [0, 0.05) is 10.5 Å². The lowest BCUT2D eigenvalue weighted by atomic mass is 10.1. The standard InChI is InChI=1S/C24H26N2O4S/c1-4-5-11-16-31-19-15-10-9-14-18(19)21-20(23(27)29-2)22(24(28)30-3)26(25-21)17-12-7-6-8-13-17/h6-10,12-15H,4-5,11,16H2,1-3H3. The molecule has 2 aromatic carbocycles. The molecule has 0 saturated heterocycles. The van der Waals surface area contributed by atoms with Gasteiger partial charge >= 0.3 is 11.9 Å². The third kappa shape index (κ3) is 4.99. The van der Waals surface area contributed by atoms with Gasteiger partial charge in [-0.05, 0) is 30.4 Å². The topological polar surface area (TPSA) is 70.4 Å². The average molecular weight is 439 g/mol. The van der Waals surface area contributed by atoms with E-state index in [1.165, 1.54) is 18.9 Å². The van der Waals surface area contributed by atoms with Crippen LogP contribution >= 0.6 is 11.8 Å². The van der Waals surface area contributed by atoms with Gasteiger partial charge in [0.25, 0.3) is 0 Å². The maximum atomic E-state index is 12.8. The zero-order chi connectivity index (χ0) is 22.2. The average Bonchev–Trinajstić information content (AvgIpc) is 3.22. The van der Waals surface area contributed by atoms with Crippen molar-refractivity contribution in [2.24, 2.45) is 0 Å². The maximum Gasteiger partial charge on any atom is 0.357 e. The first-order valence-corrected chi connectivity index (χ1v) is 11.2. The van der Waals surface area contributed by atoms with E-state index in [0.717, 1.165) is 35.5 Å². The summed E-state index contributed by atoms with van der Waals surface area (Å²) in [5.41, 5.74) is 1.97. The van der Waals surface area contributed by atoms with E-state index in [4.69, 9.17) is 14.6 Å². The fourth-order valence-electron chi connectivity index (χ4n) is 3.27. The van der Waals surface area contributed by atoms with E-state index in [1.807, 2.05) is 54.6 Å². The Morgan fingerprint density at radius 1 is 0.935 bits per heavy atom. The molecule has 0 saturated carbocycles. The van der Waals surface area contributed by atoms with Crippen molar-refractivity contribution >= 4 is 23.7 Å². The van der Waals surface area contributed by atoms with Crippen LogP contribution < -0.4 is 0 Å². The number of carbonyl (C=O) groups excluding carboxylic acids is 2. The SMILES string of the molecule is CCCCCSc1ccccc1-c1nn(-c2ccccc2)c(C(=O)OC)c1C(=O)OC. The van der Waals surface area contributed by atoms with E-state index in [-0.39, 0.29) is 11.3 Å². The van der Waals surface area contributed by atoms with Crippen molar-refractivity contribution in [3.63, 3.8) is 0 Å². The van der Waals surface area contributed by atoms with Crippen molar-refractivity contribution in [1.29, 1.82) is 0 Å². The number of esters is 2. The molecule has 0 N–H and O–H groups in total. The largest absolute Gasteiger partial charge is 0.465 e. The molecule has 162 valence electrons. The minimum absolute atomic E-state index is 0.0429. The summed E-state index contributed by atoms with van der Waals surface area (Å²) in [5.74, 6) is -0.332. The predicted octanol–water partition coefficient (Wildman–Crippen LogP) is 5.39. The molecule has 0 unspecified atom stereocenters. The van der Waals surface area contributed by atoms with Crippen LogP contribution in [0.4, 0.5) is 0 Å². The van der Waals surface area contributed by atoms with Crippen LogP contribution in [-0.4, -0.2) is 41.7 Å². The van der Waals surface area contributed by atoms with Gasteiger partial charge in [0.2, 0.25) is 0 Å². The van der Waals surface area contributed by atoms with E-state index in [2.05, 4.69) is 6.92 Å². The molecule has 0 spiro atoms. The summed E-state index contributed by atoms with van der Waals surface area (Å²) in [7, 11) is 2.57. The highest BCUT2D eigenvalue weighted by molar-refractivity contribution is 7.99. The normalized spacial score (nSPS) is 10.7. The molecule has 0 aliphatic carbocycles. The first-order chi connectivity index (χ1) is 15.1. The highest BCUT2D eigenvalue weighted by atomic mass is 32.2. The number of unbranched alkanes of at least 4 members (excludes halogenated alkanes) is 2. The minimum atomic E-state index is -0.656. The Hall–Kier alpha value is -3.06. The summed E-state index contributed by atoms with van der Waals surface area (Å²) in [4.78, 5) is 26.5. The monoisotopic (exact) mass is 438 g/mol. The Kier molecular flexibility index (Phi) is 7.89. The third-order valence-corrected chi connectivity index (χ3v) is 5.96. The molecule has 3 rings (SSSR count). The van der Waals surface area contributed by atoms with Crippen LogP contribution in [0.1, 0.15) is 47.0 Å². The number of methoxy groups -OCH3 is 2. The number of hydrogen-bond donors (Lipinski definition) is 0. The van der Waals surface area contributed by atoms with Crippen molar-refractivity contribution in [1.82, 2.24) is 9.78 Å². The molecular formula is C24H26N2O4S. The van der Waals surface area contributed by atoms with Gasteiger partial charge in [-0.25, -0.2) is 14.3 Å². The minimum Gasteiger partial charge on any atom is -0.465 e. The Labute approximate surface area is 186 Å². The Morgan fingerprint density at radius 2 is 1.61 bits per heavy atom. The van der Waals surface area contributed by atoms with E-state index >= 15 is 0 Å². The van der Waals surface area contributed by atoms with Crippen LogP contribution in [0, 0.1) is 0 Å². The fourth-order valence-corrected chi connectivity index (χ4v) is 4.33. The van der Waals surface area contributed by atoms with E-state index in [9.17, 15) is 9.59 Å². The number of nitrogens with zero attached hydrogens (tertiary/aromatic N) is 2. The number of thioether (sulfide) groups is 1. The molecule has 6 nitrogen and oxygen atoms in total. The molecule has 3 aromatic rings. The van der Waals surface area contributed by atoms with Crippen molar-refractivity contribution < 1.29 is 19.1 Å². The maximum absolute atomic E-state index is 12.8. The summed E-state index contributed by atoms with van der Waals surface area (Å²) in [6.07, 6.45) is 3.42. The number of para-hydroxylation sites is 1. The van der Waals surface area contributed by atoms with Gasteiger partial charge in [0.15, 0.2) is 5.69 Å². The summed E-state index contributed by atoms with van der Waals surface area (Å²) < 4.78 is 11.5. The summed E-state index contributed by atoms with van der Waals surface area (Å²) in [6.45, 7) is 2.17. The number of ether oxygens (including phenoxy) is 2. The zero-order valence-corrected chi connectivity index (χ0v) is 18.8. The van der Waals surface area contributed by atoms with Crippen LogP contribution in [0.15, 0.2) is 59.5 Å². The van der Waals surface area contributed by atoms with E-state index in [0.29, 0.717) is 11.4 Å². The molecule has 31 heavy (non-hydrogen) atoms. The van der Waals surface area contributed by atoms with Gasteiger partial charge in [0.1, 0.15) is 11.3 Å². The molecule has 7 heteroatoms.